The Hall–Kier alpha value is -1.82. The van der Waals surface area contributed by atoms with Crippen LogP contribution in [0.15, 0.2) is 18.3 Å². The van der Waals surface area contributed by atoms with Crippen molar-refractivity contribution in [2.75, 3.05) is 0 Å². The van der Waals surface area contributed by atoms with Gasteiger partial charge in [0.15, 0.2) is 0 Å². The molecule has 94 valence electrons. The molecule has 0 N–H and O–H groups in total. The van der Waals surface area contributed by atoms with E-state index in [4.69, 9.17) is 4.98 Å². The number of hydrogen-bond acceptors (Lipinski definition) is 2. The van der Waals surface area contributed by atoms with Crippen LogP contribution < -0.4 is 0 Å². The summed E-state index contributed by atoms with van der Waals surface area (Å²) in [7, 11) is 0. The second kappa shape index (κ2) is 4.13. The molecular formula is C15H19N3. The minimum atomic E-state index is -0.156. The summed E-state index contributed by atoms with van der Waals surface area (Å²) in [5.41, 5.74) is 4.07. The summed E-state index contributed by atoms with van der Waals surface area (Å²) in [5, 5.41) is 9.23. The molecule has 2 aromatic rings. The van der Waals surface area contributed by atoms with Crippen molar-refractivity contribution in [2.24, 2.45) is 0 Å². The molecule has 0 bridgehead atoms. The molecule has 1 atom stereocenters. The normalized spacial score (nSPS) is 13.6. The minimum absolute atomic E-state index is 0.0552. The first-order valence-electron chi connectivity index (χ1n) is 6.23. The molecule has 2 heterocycles. The van der Waals surface area contributed by atoms with Crippen molar-refractivity contribution in [1.29, 1.82) is 5.26 Å². The molecule has 18 heavy (non-hydrogen) atoms. The fourth-order valence-electron chi connectivity index (χ4n) is 2.20. The summed E-state index contributed by atoms with van der Waals surface area (Å²) in [5.74, 6) is -0.156. The fraction of sp³-hybridized carbons (Fsp3) is 0.467. The zero-order chi connectivity index (χ0) is 13.5. The summed E-state index contributed by atoms with van der Waals surface area (Å²) < 4.78 is 2.06. The summed E-state index contributed by atoms with van der Waals surface area (Å²) in [4.78, 5) is 4.71. The van der Waals surface area contributed by atoms with Crippen LogP contribution >= 0.6 is 0 Å². The van der Waals surface area contributed by atoms with Crippen LogP contribution in [-0.4, -0.2) is 9.38 Å². The third kappa shape index (κ3) is 1.99. The Morgan fingerprint density at radius 1 is 1.33 bits per heavy atom. The zero-order valence-electron chi connectivity index (χ0n) is 11.7. The minimum Gasteiger partial charge on any atom is -0.302 e. The first-order chi connectivity index (χ1) is 8.34. The van der Waals surface area contributed by atoms with Gasteiger partial charge in [0.05, 0.1) is 23.4 Å². The van der Waals surface area contributed by atoms with E-state index < -0.39 is 0 Å². The Morgan fingerprint density at radius 2 is 2.00 bits per heavy atom. The van der Waals surface area contributed by atoms with Crippen LogP contribution in [0.2, 0.25) is 0 Å². The maximum Gasteiger partial charge on any atom is 0.137 e. The highest BCUT2D eigenvalue weighted by Crippen LogP contribution is 2.30. The van der Waals surface area contributed by atoms with Gasteiger partial charge in [0.2, 0.25) is 0 Å². The molecule has 3 nitrogen and oxygen atoms in total. The number of aryl methyl sites for hydroxylation is 1. The van der Waals surface area contributed by atoms with Crippen LogP contribution in [-0.2, 0) is 5.41 Å². The molecule has 0 amide bonds. The molecule has 0 fully saturated rings. The lowest BCUT2D eigenvalue weighted by atomic mass is 9.88. The number of nitrogens with zero attached hydrogens (tertiary/aromatic N) is 3. The van der Waals surface area contributed by atoms with E-state index in [1.165, 1.54) is 5.56 Å². The number of nitriles is 1. The fourth-order valence-corrected chi connectivity index (χ4v) is 2.20. The van der Waals surface area contributed by atoms with E-state index in [2.05, 4.69) is 50.4 Å². The van der Waals surface area contributed by atoms with E-state index in [9.17, 15) is 5.26 Å². The lowest BCUT2D eigenvalue weighted by Gasteiger charge is -2.18. The number of hydrogen-bond donors (Lipinski definition) is 0. The van der Waals surface area contributed by atoms with E-state index in [0.717, 1.165) is 17.0 Å². The highest BCUT2D eigenvalue weighted by atomic mass is 15.0. The molecule has 0 saturated carbocycles. The molecule has 2 rings (SSSR count). The standard InChI is InChI=1S/C15H19N3/c1-10-6-7-12-17-14(15(3,4)5)13(11(2)8-16)18(12)9-10/h6-7,9,11H,1-5H3. The predicted molar refractivity (Wildman–Crippen MR) is 72.7 cm³/mol. The molecule has 0 saturated heterocycles. The predicted octanol–water partition coefficient (Wildman–Crippen LogP) is 3.57. The quantitative estimate of drug-likeness (QED) is 0.766. The Bertz CT molecular complexity index is 623. The van der Waals surface area contributed by atoms with Gasteiger partial charge in [-0.1, -0.05) is 26.8 Å². The third-order valence-electron chi connectivity index (χ3n) is 3.12. The van der Waals surface area contributed by atoms with Crippen molar-refractivity contribution in [3.63, 3.8) is 0 Å². The van der Waals surface area contributed by atoms with Crippen LogP contribution in [0.1, 0.15) is 50.6 Å². The van der Waals surface area contributed by atoms with Gasteiger partial charge >= 0.3 is 0 Å². The Balaban J connectivity index is 2.83. The van der Waals surface area contributed by atoms with Crippen LogP contribution in [0.4, 0.5) is 0 Å². The topological polar surface area (TPSA) is 41.1 Å². The smallest absolute Gasteiger partial charge is 0.137 e. The van der Waals surface area contributed by atoms with Crippen molar-refractivity contribution in [3.8, 4) is 6.07 Å². The lowest BCUT2D eigenvalue weighted by molar-refractivity contribution is 0.562. The van der Waals surface area contributed by atoms with Gasteiger partial charge < -0.3 is 4.40 Å². The molecule has 0 aliphatic heterocycles. The van der Waals surface area contributed by atoms with Crippen molar-refractivity contribution in [3.05, 3.63) is 35.3 Å². The first-order valence-corrected chi connectivity index (χ1v) is 6.23. The number of rotatable bonds is 1. The zero-order valence-corrected chi connectivity index (χ0v) is 11.7. The lowest BCUT2D eigenvalue weighted by Crippen LogP contribution is -2.16. The number of fused-ring (bicyclic) bond motifs is 1. The van der Waals surface area contributed by atoms with Crippen molar-refractivity contribution >= 4 is 5.65 Å². The van der Waals surface area contributed by atoms with E-state index in [0.29, 0.717) is 0 Å². The van der Waals surface area contributed by atoms with Gasteiger partial charge in [0.1, 0.15) is 5.65 Å². The molecular weight excluding hydrogens is 222 g/mol. The van der Waals surface area contributed by atoms with E-state index in [1.807, 2.05) is 13.0 Å². The van der Waals surface area contributed by atoms with E-state index in [1.54, 1.807) is 0 Å². The SMILES string of the molecule is Cc1ccc2nc(C(C)(C)C)c(C(C)C#N)n2c1. The van der Waals surface area contributed by atoms with E-state index >= 15 is 0 Å². The molecule has 0 radical (unpaired) electrons. The van der Waals surface area contributed by atoms with Crippen LogP contribution in [0.25, 0.3) is 5.65 Å². The van der Waals surface area contributed by atoms with Gasteiger partial charge in [-0.2, -0.15) is 5.26 Å². The largest absolute Gasteiger partial charge is 0.302 e. The highest BCUT2D eigenvalue weighted by molar-refractivity contribution is 5.48. The first kappa shape index (κ1) is 12.6. The second-order valence-corrected chi connectivity index (χ2v) is 5.88. The Kier molecular flexibility index (Phi) is 2.90. The average Bonchev–Trinajstić information content (AvgIpc) is 2.66. The number of aromatic nitrogens is 2. The molecule has 0 aliphatic carbocycles. The molecule has 0 aromatic carbocycles. The highest BCUT2D eigenvalue weighted by Gasteiger charge is 2.26. The van der Waals surface area contributed by atoms with Crippen molar-refractivity contribution in [1.82, 2.24) is 9.38 Å². The van der Waals surface area contributed by atoms with Gasteiger partial charge in [-0.05, 0) is 25.5 Å². The van der Waals surface area contributed by atoms with Crippen molar-refractivity contribution < 1.29 is 0 Å². The monoisotopic (exact) mass is 241 g/mol. The van der Waals surface area contributed by atoms with Gasteiger partial charge in [-0.25, -0.2) is 4.98 Å². The number of pyridine rings is 1. The maximum absolute atomic E-state index is 9.23. The van der Waals surface area contributed by atoms with Gasteiger partial charge in [-0.15, -0.1) is 0 Å². The van der Waals surface area contributed by atoms with E-state index in [-0.39, 0.29) is 11.3 Å². The van der Waals surface area contributed by atoms with Crippen LogP contribution in [0.3, 0.4) is 0 Å². The summed E-state index contributed by atoms with van der Waals surface area (Å²) in [6.45, 7) is 10.4. The second-order valence-electron chi connectivity index (χ2n) is 5.88. The van der Waals surface area contributed by atoms with Gasteiger partial charge in [0.25, 0.3) is 0 Å². The summed E-state index contributed by atoms with van der Waals surface area (Å²) in [6.07, 6.45) is 2.06. The molecule has 3 heteroatoms. The van der Waals surface area contributed by atoms with Gasteiger partial charge in [-0.3, -0.25) is 0 Å². The molecule has 1 unspecified atom stereocenters. The third-order valence-corrected chi connectivity index (χ3v) is 3.12. The molecule has 0 spiro atoms. The molecule has 0 aliphatic rings. The number of imidazole rings is 1. The van der Waals surface area contributed by atoms with Crippen LogP contribution in [0.5, 0.6) is 0 Å². The Labute approximate surface area is 108 Å². The van der Waals surface area contributed by atoms with Crippen molar-refractivity contribution in [2.45, 2.75) is 46.0 Å². The Morgan fingerprint density at radius 3 is 2.56 bits per heavy atom. The average molecular weight is 241 g/mol. The van der Waals surface area contributed by atoms with Crippen LogP contribution in [0, 0.1) is 18.3 Å². The summed E-state index contributed by atoms with van der Waals surface area (Å²) >= 11 is 0. The van der Waals surface area contributed by atoms with Gasteiger partial charge in [0, 0.05) is 11.6 Å². The maximum atomic E-state index is 9.23. The summed E-state index contributed by atoms with van der Waals surface area (Å²) in [6, 6.07) is 6.39. The molecule has 2 aromatic heterocycles.